The molecule has 0 radical (unpaired) electrons. The Morgan fingerprint density at radius 1 is 1.00 bits per heavy atom. The minimum Gasteiger partial charge on any atom is -0.313 e. The van der Waals surface area contributed by atoms with Crippen LogP contribution in [-0.2, 0) is 6.54 Å². The van der Waals surface area contributed by atoms with Gasteiger partial charge in [-0.25, -0.2) is 0 Å². The first-order valence-electron chi connectivity index (χ1n) is 5.84. The molecular weight excluding hydrogens is 377 g/mol. The van der Waals surface area contributed by atoms with E-state index in [1.54, 1.807) is 0 Å². The Hall–Kier alpha value is 0.390. The molecule has 90 valence electrons. The molecule has 0 atom stereocenters. The molecule has 0 amide bonds. The van der Waals surface area contributed by atoms with Crippen molar-refractivity contribution in [3.05, 3.63) is 34.3 Å². The van der Waals surface area contributed by atoms with Gasteiger partial charge in [0.25, 0.3) is 0 Å². The van der Waals surface area contributed by atoms with Crippen molar-refractivity contribution >= 4 is 38.5 Å². The van der Waals surface area contributed by atoms with Crippen LogP contribution >= 0.6 is 38.5 Å². The second-order valence-corrected chi connectivity index (χ2v) is 5.90. The van der Waals surface area contributed by atoms with Crippen molar-refractivity contribution in [2.24, 2.45) is 0 Å². The molecule has 0 saturated carbocycles. The predicted octanol–water partition coefficient (Wildman–Crippen LogP) is 4.53. The summed E-state index contributed by atoms with van der Waals surface area (Å²) in [5.41, 5.74) is 1.36. The van der Waals surface area contributed by atoms with E-state index < -0.39 is 0 Å². The highest BCUT2D eigenvalue weighted by Gasteiger charge is 1.93. The summed E-state index contributed by atoms with van der Waals surface area (Å²) in [6.07, 6.45) is 5.40. The van der Waals surface area contributed by atoms with Crippen molar-refractivity contribution in [3.63, 3.8) is 0 Å². The third-order valence-electron chi connectivity index (χ3n) is 2.48. The summed E-state index contributed by atoms with van der Waals surface area (Å²) < 4.78 is 2.44. The lowest BCUT2D eigenvalue weighted by atomic mass is 10.2. The normalized spacial score (nSPS) is 10.6. The molecule has 0 spiro atoms. The van der Waals surface area contributed by atoms with Gasteiger partial charge < -0.3 is 5.32 Å². The summed E-state index contributed by atoms with van der Waals surface area (Å²) in [4.78, 5) is 0. The number of rotatable bonds is 8. The van der Waals surface area contributed by atoms with Gasteiger partial charge in [0.15, 0.2) is 0 Å². The summed E-state index contributed by atoms with van der Waals surface area (Å²) >= 11 is 5.89. The smallest absolute Gasteiger partial charge is 0.0205 e. The number of alkyl halides is 1. The Bertz CT molecular complexity index is 274. The van der Waals surface area contributed by atoms with E-state index in [9.17, 15) is 0 Å². The van der Waals surface area contributed by atoms with Crippen molar-refractivity contribution < 1.29 is 0 Å². The first-order valence-corrected chi connectivity index (χ1v) is 8.16. The number of hydrogen-bond donors (Lipinski definition) is 1. The molecule has 0 aliphatic rings. The Balaban J connectivity index is 2.01. The molecule has 1 N–H and O–H groups in total. The van der Waals surface area contributed by atoms with Gasteiger partial charge in [-0.2, -0.15) is 0 Å². The molecule has 0 fully saturated rings. The minimum atomic E-state index is 0.986. The monoisotopic (exact) mass is 395 g/mol. The van der Waals surface area contributed by atoms with Gasteiger partial charge in [0.05, 0.1) is 0 Å². The average Bonchev–Trinajstić information content (AvgIpc) is 2.30. The molecule has 16 heavy (non-hydrogen) atoms. The molecule has 3 heteroatoms. The zero-order chi connectivity index (χ0) is 11.6. The lowest BCUT2D eigenvalue weighted by Crippen LogP contribution is -2.14. The summed E-state index contributed by atoms with van der Waals surface area (Å²) in [6, 6.07) is 8.51. The van der Waals surface area contributed by atoms with Gasteiger partial charge in [-0.15, -0.1) is 0 Å². The molecule has 0 aliphatic heterocycles. The van der Waals surface area contributed by atoms with E-state index in [0.717, 1.165) is 17.6 Å². The zero-order valence-corrected chi connectivity index (χ0v) is 13.3. The fraction of sp³-hybridized carbons (Fsp3) is 0.538. The van der Waals surface area contributed by atoms with E-state index in [1.165, 1.54) is 35.7 Å². The maximum atomic E-state index is 3.48. The van der Waals surface area contributed by atoms with Crippen molar-refractivity contribution in [3.8, 4) is 0 Å². The third kappa shape index (κ3) is 6.86. The number of halogens is 2. The fourth-order valence-electron chi connectivity index (χ4n) is 1.53. The SMILES string of the molecule is Brc1ccc(CNCCCCCCI)cc1. The van der Waals surface area contributed by atoms with Crippen molar-refractivity contribution in [1.82, 2.24) is 5.32 Å². The van der Waals surface area contributed by atoms with E-state index in [1.807, 2.05) is 0 Å². The van der Waals surface area contributed by atoms with Gasteiger partial charge in [0.2, 0.25) is 0 Å². The van der Waals surface area contributed by atoms with Gasteiger partial charge in [-0.3, -0.25) is 0 Å². The molecule has 0 bridgehead atoms. The third-order valence-corrected chi connectivity index (χ3v) is 3.77. The van der Waals surface area contributed by atoms with Gasteiger partial charge in [0, 0.05) is 11.0 Å². The Labute approximate surface area is 121 Å². The second kappa shape index (κ2) is 9.42. The van der Waals surface area contributed by atoms with Gasteiger partial charge in [0.1, 0.15) is 0 Å². The van der Waals surface area contributed by atoms with E-state index >= 15 is 0 Å². The lowest BCUT2D eigenvalue weighted by molar-refractivity contribution is 0.600. The average molecular weight is 396 g/mol. The van der Waals surface area contributed by atoms with E-state index in [2.05, 4.69) is 68.1 Å². The van der Waals surface area contributed by atoms with Crippen LogP contribution < -0.4 is 5.32 Å². The topological polar surface area (TPSA) is 12.0 Å². The molecule has 1 nitrogen and oxygen atoms in total. The molecule has 1 aromatic rings. The van der Waals surface area contributed by atoms with E-state index in [-0.39, 0.29) is 0 Å². The number of hydrogen-bond acceptors (Lipinski definition) is 1. The van der Waals surface area contributed by atoms with Crippen LogP contribution in [0.4, 0.5) is 0 Å². The highest BCUT2D eigenvalue weighted by atomic mass is 127. The summed E-state index contributed by atoms with van der Waals surface area (Å²) in [6.45, 7) is 2.12. The van der Waals surface area contributed by atoms with Crippen LogP contribution in [0, 0.1) is 0 Å². The Morgan fingerprint density at radius 2 is 1.69 bits per heavy atom. The van der Waals surface area contributed by atoms with Gasteiger partial charge >= 0.3 is 0 Å². The molecule has 0 unspecified atom stereocenters. The van der Waals surface area contributed by atoms with E-state index in [0.29, 0.717) is 0 Å². The van der Waals surface area contributed by atoms with Crippen molar-refractivity contribution in [1.29, 1.82) is 0 Å². The molecule has 0 aliphatic carbocycles. The molecule has 0 heterocycles. The van der Waals surface area contributed by atoms with Gasteiger partial charge in [-0.1, -0.05) is 63.5 Å². The first kappa shape index (κ1) is 14.5. The quantitative estimate of drug-likeness (QED) is 0.387. The van der Waals surface area contributed by atoms with Crippen LogP contribution in [0.3, 0.4) is 0 Å². The Morgan fingerprint density at radius 3 is 2.38 bits per heavy atom. The maximum Gasteiger partial charge on any atom is 0.0205 e. The summed E-state index contributed by atoms with van der Waals surface area (Å²) in [7, 11) is 0. The fourth-order valence-corrected chi connectivity index (χ4v) is 2.34. The van der Waals surface area contributed by atoms with Crippen LogP contribution in [0.5, 0.6) is 0 Å². The lowest BCUT2D eigenvalue weighted by Gasteiger charge is -2.04. The number of benzene rings is 1. The van der Waals surface area contributed by atoms with Gasteiger partial charge in [-0.05, 0) is 41.5 Å². The summed E-state index contributed by atoms with van der Waals surface area (Å²) in [5.74, 6) is 0. The maximum absolute atomic E-state index is 3.48. The van der Waals surface area contributed by atoms with Crippen LogP contribution in [0.25, 0.3) is 0 Å². The standard InChI is InChI=1S/C13H19BrIN/c14-13-7-5-12(6-8-13)11-16-10-4-2-1-3-9-15/h5-8,16H,1-4,9-11H2. The van der Waals surface area contributed by atoms with E-state index in [4.69, 9.17) is 0 Å². The minimum absolute atomic E-state index is 0.986. The first-order chi connectivity index (χ1) is 7.83. The highest BCUT2D eigenvalue weighted by Crippen LogP contribution is 2.10. The molecular formula is C13H19BrIN. The van der Waals surface area contributed by atoms with Crippen molar-refractivity contribution in [2.75, 3.05) is 11.0 Å². The Kier molecular flexibility index (Phi) is 8.51. The zero-order valence-electron chi connectivity index (χ0n) is 9.52. The molecule has 0 saturated heterocycles. The van der Waals surface area contributed by atoms with Crippen LogP contribution in [0.2, 0.25) is 0 Å². The highest BCUT2D eigenvalue weighted by molar-refractivity contribution is 14.1. The second-order valence-electron chi connectivity index (χ2n) is 3.91. The van der Waals surface area contributed by atoms with Crippen LogP contribution in [0.1, 0.15) is 31.2 Å². The summed E-state index contributed by atoms with van der Waals surface area (Å²) in [5, 5.41) is 3.48. The molecule has 1 rings (SSSR count). The number of nitrogens with one attached hydrogen (secondary N) is 1. The molecule has 0 aromatic heterocycles. The predicted molar refractivity (Wildman–Crippen MR) is 83.2 cm³/mol. The molecule has 1 aromatic carbocycles. The van der Waals surface area contributed by atoms with Crippen molar-refractivity contribution in [2.45, 2.75) is 32.2 Å². The largest absolute Gasteiger partial charge is 0.313 e. The van der Waals surface area contributed by atoms with Crippen LogP contribution in [-0.4, -0.2) is 11.0 Å². The number of unbranched alkanes of at least 4 members (excludes halogenated alkanes) is 3. The van der Waals surface area contributed by atoms with Crippen LogP contribution in [0.15, 0.2) is 28.7 Å².